The van der Waals surface area contributed by atoms with Gasteiger partial charge in [-0.2, -0.15) is 4.39 Å². The molecule has 1 aromatic carbocycles. The lowest BCUT2D eigenvalue weighted by Gasteiger charge is -2.06. The Morgan fingerprint density at radius 3 is 2.89 bits per heavy atom. The van der Waals surface area contributed by atoms with Gasteiger partial charge in [0, 0.05) is 12.4 Å². The van der Waals surface area contributed by atoms with E-state index < -0.39 is 11.6 Å². The number of allylic oxidation sites excluding steroid dienone is 1. The summed E-state index contributed by atoms with van der Waals surface area (Å²) < 4.78 is 31.5. The molecule has 6 heteroatoms. The van der Waals surface area contributed by atoms with Crippen LogP contribution in [0.15, 0.2) is 47.7 Å². The third-order valence-electron chi connectivity index (χ3n) is 1.81. The van der Waals surface area contributed by atoms with E-state index in [4.69, 9.17) is 10.6 Å². The summed E-state index contributed by atoms with van der Waals surface area (Å²) >= 11 is 0. The Hall–Kier alpha value is -2.21. The Bertz CT molecular complexity index is 484. The van der Waals surface area contributed by atoms with Crippen molar-refractivity contribution in [3.05, 3.63) is 54.4 Å². The number of halogens is 2. The molecule has 0 radical (unpaired) electrons. The van der Waals surface area contributed by atoms with Crippen LogP contribution in [0.3, 0.4) is 0 Å². The van der Waals surface area contributed by atoms with E-state index in [9.17, 15) is 8.78 Å². The summed E-state index contributed by atoms with van der Waals surface area (Å²) in [5.74, 6) is 2.84. The van der Waals surface area contributed by atoms with Crippen LogP contribution in [0.2, 0.25) is 0 Å². The highest BCUT2D eigenvalue weighted by molar-refractivity contribution is 5.89. The minimum atomic E-state index is -1.06. The molecule has 18 heavy (non-hydrogen) atoms. The molecule has 4 nitrogen and oxygen atoms in total. The zero-order chi connectivity index (χ0) is 13.4. The van der Waals surface area contributed by atoms with Gasteiger partial charge in [-0.25, -0.2) is 9.38 Å². The van der Waals surface area contributed by atoms with Crippen LogP contribution >= 0.6 is 0 Å². The molecule has 0 aromatic heterocycles. The fourth-order valence-corrected chi connectivity index (χ4v) is 1.08. The van der Waals surface area contributed by atoms with Crippen LogP contribution in [0.5, 0.6) is 5.75 Å². The number of nitrogens with two attached hydrogens (primary N) is 1. The SMILES string of the molecule is C/C=C/C(=N/C=C/NN)Oc1cccc(F)c1F. The zero-order valence-corrected chi connectivity index (χ0v) is 9.73. The van der Waals surface area contributed by atoms with Crippen LogP contribution in [0.25, 0.3) is 0 Å². The minimum absolute atomic E-state index is 0.105. The van der Waals surface area contributed by atoms with Gasteiger partial charge in [-0.15, -0.1) is 0 Å². The molecule has 0 heterocycles. The Morgan fingerprint density at radius 1 is 1.44 bits per heavy atom. The van der Waals surface area contributed by atoms with E-state index in [1.807, 2.05) is 0 Å². The number of hydrogen-bond acceptors (Lipinski definition) is 4. The quantitative estimate of drug-likeness (QED) is 0.374. The van der Waals surface area contributed by atoms with Crippen molar-refractivity contribution in [2.75, 3.05) is 0 Å². The molecule has 0 unspecified atom stereocenters. The summed E-state index contributed by atoms with van der Waals surface area (Å²) in [6.45, 7) is 1.74. The van der Waals surface area contributed by atoms with Crippen molar-refractivity contribution in [3.63, 3.8) is 0 Å². The molecular weight excluding hydrogens is 240 g/mol. The largest absolute Gasteiger partial charge is 0.436 e. The molecule has 0 atom stereocenters. The molecule has 0 saturated carbocycles. The number of hydrogen-bond donors (Lipinski definition) is 2. The number of aliphatic imine (C=N–C) groups is 1. The predicted molar refractivity (Wildman–Crippen MR) is 65.7 cm³/mol. The van der Waals surface area contributed by atoms with E-state index in [2.05, 4.69) is 10.4 Å². The molecule has 0 aliphatic heterocycles. The van der Waals surface area contributed by atoms with Gasteiger partial charge in [0.15, 0.2) is 11.6 Å². The summed E-state index contributed by atoms with van der Waals surface area (Å²) in [5.41, 5.74) is 2.25. The van der Waals surface area contributed by atoms with Crippen LogP contribution in [0.1, 0.15) is 6.92 Å². The smallest absolute Gasteiger partial charge is 0.219 e. The first-order valence-corrected chi connectivity index (χ1v) is 5.12. The van der Waals surface area contributed by atoms with Crippen molar-refractivity contribution in [1.29, 1.82) is 0 Å². The van der Waals surface area contributed by atoms with Gasteiger partial charge in [0.05, 0.1) is 0 Å². The maximum Gasteiger partial charge on any atom is 0.219 e. The molecule has 3 N–H and O–H groups in total. The average molecular weight is 253 g/mol. The highest BCUT2D eigenvalue weighted by Gasteiger charge is 2.10. The lowest BCUT2D eigenvalue weighted by Crippen LogP contribution is -2.13. The van der Waals surface area contributed by atoms with E-state index >= 15 is 0 Å². The van der Waals surface area contributed by atoms with Crippen molar-refractivity contribution < 1.29 is 13.5 Å². The number of nitrogens with one attached hydrogen (secondary N) is 1. The molecule has 0 saturated heterocycles. The van der Waals surface area contributed by atoms with Crippen molar-refractivity contribution >= 4 is 5.90 Å². The molecule has 0 bridgehead atoms. The molecule has 0 amide bonds. The van der Waals surface area contributed by atoms with Crippen LogP contribution in [-0.4, -0.2) is 5.90 Å². The van der Waals surface area contributed by atoms with Crippen LogP contribution < -0.4 is 16.0 Å². The van der Waals surface area contributed by atoms with E-state index in [0.717, 1.165) is 6.07 Å². The third-order valence-corrected chi connectivity index (χ3v) is 1.81. The van der Waals surface area contributed by atoms with Gasteiger partial charge in [0.25, 0.3) is 0 Å². The van der Waals surface area contributed by atoms with E-state index in [-0.39, 0.29) is 11.6 Å². The van der Waals surface area contributed by atoms with E-state index in [0.29, 0.717) is 0 Å². The van der Waals surface area contributed by atoms with Crippen molar-refractivity contribution in [2.24, 2.45) is 10.8 Å². The standard InChI is InChI=1S/C12H13F2N3O/c1-2-4-11(16-7-8-17-15)18-10-6-3-5-9(13)12(10)14/h2-8,17H,15H2,1H3/b4-2+,8-7+,16-11-. The van der Waals surface area contributed by atoms with Gasteiger partial charge in [-0.3, -0.25) is 5.84 Å². The molecule has 96 valence electrons. The molecule has 0 aliphatic carbocycles. The second-order valence-corrected chi connectivity index (χ2v) is 3.10. The van der Waals surface area contributed by atoms with Crippen molar-refractivity contribution in [3.8, 4) is 5.75 Å². The van der Waals surface area contributed by atoms with Gasteiger partial charge in [-0.1, -0.05) is 12.1 Å². The first kappa shape index (κ1) is 13.9. The highest BCUT2D eigenvalue weighted by atomic mass is 19.2. The number of rotatable bonds is 4. The first-order valence-electron chi connectivity index (χ1n) is 5.12. The molecule has 0 aliphatic rings. The highest BCUT2D eigenvalue weighted by Crippen LogP contribution is 2.19. The van der Waals surface area contributed by atoms with Gasteiger partial charge in [0.2, 0.25) is 11.7 Å². The molecule has 0 spiro atoms. The van der Waals surface area contributed by atoms with E-state index in [1.165, 1.54) is 30.6 Å². The Kier molecular flexibility index (Phi) is 5.53. The average Bonchev–Trinajstić information content (AvgIpc) is 2.35. The van der Waals surface area contributed by atoms with Crippen LogP contribution in [0.4, 0.5) is 8.78 Å². The maximum absolute atomic E-state index is 13.4. The maximum atomic E-state index is 13.4. The summed E-state index contributed by atoms with van der Waals surface area (Å²) in [6, 6.07) is 3.66. The monoisotopic (exact) mass is 253 g/mol. The van der Waals surface area contributed by atoms with Crippen LogP contribution in [0, 0.1) is 11.6 Å². The molecule has 1 aromatic rings. The zero-order valence-electron chi connectivity index (χ0n) is 9.73. The fourth-order valence-electron chi connectivity index (χ4n) is 1.08. The summed E-state index contributed by atoms with van der Waals surface area (Å²) in [4.78, 5) is 3.86. The van der Waals surface area contributed by atoms with Gasteiger partial charge in [-0.05, 0) is 25.1 Å². The normalized spacial score (nSPS) is 12.3. The number of ether oxygens (including phenoxy) is 1. The summed E-state index contributed by atoms with van der Waals surface area (Å²) in [7, 11) is 0. The van der Waals surface area contributed by atoms with Crippen LogP contribution in [-0.2, 0) is 0 Å². The van der Waals surface area contributed by atoms with Gasteiger partial charge < -0.3 is 10.2 Å². The second kappa shape index (κ2) is 7.18. The number of nitrogens with zero attached hydrogens (tertiary/aromatic N) is 1. The number of hydrazine groups is 1. The summed E-state index contributed by atoms with van der Waals surface area (Å²) in [5, 5.41) is 0. The topological polar surface area (TPSA) is 59.6 Å². The Balaban J connectivity index is 2.93. The first-order chi connectivity index (χ1) is 8.69. The summed E-state index contributed by atoms with van der Waals surface area (Å²) in [6.07, 6.45) is 5.84. The lowest BCUT2D eigenvalue weighted by molar-refractivity contribution is 0.449. The minimum Gasteiger partial charge on any atom is -0.436 e. The second-order valence-electron chi connectivity index (χ2n) is 3.10. The van der Waals surface area contributed by atoms with Crippen molar-refractivity contribution in [2.45, 2.75) is 6.92 Å². The number of benzene rings is 1. The lowest BCUT2D eigenvalue weighted by atomic mass is 10.3. The van der Waals surface area contributed by atoms with Gasteiger partial charge >= 0.3 is 0 Å². The fraction of sp³-hybridized carbons (Fsp3) is 0.0833. The predicted octanol–water partition coefficient (Wildman–Crippen LogP) is 2.25. The van der Waals surface area contributed by atoms with E-state index in [1.54, 1.807) is 13.0 Å². The third kappa shape index (κ3) is 3.99. The molecule has 0 fully saturated rings. The molecular formula is C12H13F2N3O. The molecule has 1 rings (SSSR count). The van der Waals surface area contributed by atoms with Gasteiger partial charge in [0.1, 0.15) is 0 Å². The Morgan fingerprint density at radius 2 is 2.22 bits per heavy atom. The Labute approximate surface area is 103 Å². The van der Waals surface area contributed by atoms with Crippen molar-refractivity contribution in [1.82, 2.24) is 5.43 Å².